The van der Waals surface area contributed by atoms with Gasteiger partial charge >= 0.3 is 0 Å². The lowest BCUT2D eigenvalue weighted by Gasteiger charge is -1.98. The topological polar surface area (TPSA) is 12.4 Å². The van der Waals surface area contributed by atoms with E-state index in [0.29, 0.717) is 0 Å². The quantitative estimate of drug-likeness (QED) is 0.599. The Balaban J connectivity index is 2.22. The molecule has 0 N–H and O–H groups in total. The highest BCUT2D eigenvalue weighted by Crippen LogP contribution is 2.33. The fourth-order valence-electron chi connectivity index (χ4n) is 2.39. The van der Waals surface area contributed by atoms with Crippen molar-refractivity contribution in [3.8, 4) is 0 Å². The van der Waals surface area contributed by atoms with Crippen LogP contribution in [-0.4, -0.2) is 14.5 Å². The van der Waals surface area contributed by atoms with Gasteiger partial charge in [0.15, 0.2) is 0 Å². The highest BCUT2D eigenvalue weighted by atomic mass is 28.2. The summed E-state index contributed by atoms with van der Waals surface area (Å²) in [6.07, 6.45) is 0. The second kappa shape index (κ2) is 2.86. The van der Waals surface area contributed by atoms with Crippen molar-refractivity contribution in [1.29, 1.82) is 0 Å². The number of rotatable bonds is 0. The number of hydrogen-bond donors (Lipinski definition) is 0. The molecule has 1 nitrogen and oxygen atoms in total. The summed E-state index contributed by atoms with van der Waals surface area (Å²) in [7, 11) is 0.723. The minimum atomic E-state index is 0.723. The van der Waals surface area contributed by atoms with Crippen LogP contribution in [0, 0.1) is 4.81 Å². The van der Waals surface area contributed by atoms with Gasteiger partial charge in [0.05, 0.1) is 20.2 Å². The first-order valence-electron chi connectivity index (χ1n) is 5.35. The molecule has 0 atom stereocenters. The molecule has 16 heavy (non-hydrogen) atoms. The zero-order chi connectivity index (χ0) is 10.5. The van der Waals surface area contributed by atoms with Crippen molar-refractivity contribution < 1.29 is 0 Å². The Morgan fingerprint density at radius 2 is 1.69 bits per heavy atom. The van der Waals surface area contributed by atoms with E-state index in [1.54, 1.807) is 0 Å². The van der Waals surface area contributed by atoms with Gasteiger partial charge in [0.25, 0.3) is 0 Å². The van der Waals surface area contributed by atoms with Crippen molar-refractivity contribution in [3.05, 3.63) is 64.1 Å². The van der Waals surface area contributed by atoms with Gasteiger partial charge in [0.2, 0.25) is 0 Å². The van der Waals surface area contributed by atoms with E-state index in [0.717, 1.165) is 14.8 Å². The number of fused-ring (bicyclic) bond motifs is 4. The van der Waals surface area contributed by atoms with Gasteiger partial charge in [0.1, 0.15) is 0 Å². The lowest BCUT2D eigenvalue weighted by Crippen LogP contribution is -2.05. The molecule has 1 radical (unpaired) electrons. The average molecular weight is 218 g/mol. The molecule has 0 amide bonds. The summed E-state index contributed by atoms with van der Waals surface area (Å²) >= 11 is 0. The maximum absolute atomic E-state index is 4.72. The molecule has 2 aliphatic rings. The second-order valence-electron chi connectivity index (χ2n) is 4.02. The Morgan fingerprint density at radius 3 is 2.69 bits per heavy atom. The Kier molecular flexibility index (Phi) is 1.49. The molecule has 73 valence electrons. The van der Waals surface area contributed by atoms with Gasteiger partial charge in [-0.3, -0.25) is 4.99 Å². The van der Waals surface area contributed by atoms with Crippen LogP contribution in [0.4, 0.5) is 5.69 Å². The largest absolute Gasteiger partial charge is 0.253 e. The molecule has 0 aromatic heterocycles. The molecule has 2 heterocycles. The van der Waals surface area contributed by atoms with Gasteiger partial charge in [-0.25, -0.2) is 0 Å². The fourth-order valence-corrected chi connectivity index (χ4v) is 3.74. The van der Waals surface area contributed by atoms with Gasteiger partial charge in [-0.05, 0) is 16.1 Å². The van der Waals surface area contributed by atoms with Crippen LogP contribution in [0.3, 0.4) is 0 Å². The molecule has 0 aliphatic carbocycles. The minimum absolute atomic E-state index is 0.723. The number of nitrogens with zero attached hydrogens (tertiary/aromatic N) is 1. The van der Waals surface area contributed by atoms with E-state index in [1.165, 1.54) is 26.5 Å². The van der Waals surface area contributed by atoms with E-state index in [1.807, 2.05) is 0 Å². The van der Waals surface area contributed by atoms with Crippen molar-refractivity contribution in [2.75, 3.05) is 0 Å². The number of hydrogen-bond acceptors (Lipinski definition) is 1. The SMILES string of the molecule is c1ccc2c(c1)N=C1[Si]=c3ccccc3=C12. The Bertz CT molecular complexity index is 756. The average Bonchev–Trinajstić information content (AvgIpc) is 2.83. The van der Waals surface area contributed by atoms with Crippen LogP contribution in [-0.2, 0) is 0 Å². The highest BCUT2D eigenvalue weighted by molar-refractivity contribution is 6.81. The number of aliphatic imine (C=N–C) groups is 1. The van der Waals surface area contributed by atoms with Crippen molar-refractivity contribution in [3.63, 3.8) is 0 Å². The maximum Gasteiger partial charge on any atom is 0.0959 e. The third kappa shape index (κ3) is 0.946. The van der Waals surface area contributed by atoms with E-state index in [2.05, 4.69) is 48.5 Å². The van der Waals surface area contributed by atoms with Crippen molar-refractivity contribution in [2.45, 2.75) is 0 Å². The van der Waals surface area contributed by atoms with Crippen LogP contribution in [0.1, 0.15) is 5.56 Å². The first-order chi connectivity index (χ1) is 7.93. The summed E-state index contributed by atoms with van der Waals surface area (Å²) in [5.41, 5.74) is 3.80. The second-order valence-corrected chi connectivity index (χ2v) is 5.29. The zero-order valence-electron chi connectivity index (χ0n) is 8.57. The Morgan fingerprint density at radius 1 is 0.875 bits per heavy atom. The van der Waals surface area contributed by atoms with E-state index >= 15 is 0 Å². The van der Waals surface area contributed by atoms with Crippen LogP contribution >= 0.6 is 0 Å². The smallest absolute Gasteiger partial charge is 0.0959 e. The van der Waals surface area contributed by atoms with Crippen LogP contribution in [0.2, 0.25) is 0 Å². The summed E-state index contributed by atoms with van der Waals surface area (Å²) in [6.45, 7) is 0. The minimum Gasteiger partial charge on any atom is -0.253 e. The molecule has 4 rings (SSSR count). The fraction of sp³-hybridized carbons (Fsp3) is 0. The van der Waals surface area contributed by atoms with Gasteiger partial charge in [-0.15, -0.1) is 0 Å². The summed E-state index contributed by atoms with van der Waals surface area (Å²) in [4.78, 5) is 6.16. The highest BCUT2D eigenvalue weighted by Gasteiger charge is 2.22. The van der Waals surface area contributed by atoms with Crippen LogP contribution in [0.5, 0.6) is 0 Å². The maximum atomic E-state index is 4.72. The first-order valence-corrected chi connectivity index (χ1v) is 6.35. The standard InChI is InChI=1S/C14H8NSi/c1-3-7-11-9(5-1)13-10-6-2-4-8-12(10)16-14(13)15-11/h1-8H. The monoisotopic (exact) mass is 218 g/mol. The van der Waals surface area contributed by atoms with E-state index in [4.69, 9.17) is 4.99 Å². The molecular weight excluding hydrogens is 210 g/mol. The van der Waals surface area contributed by atoms with Crippen LogP contribution in [0.15, 0.2) is 53.5 Å². The Labute approximate surface area is 95.2 Å². The summed E-state index contributed by atoms with van der Waals surface area (Å²) in [5.74, 6) is 0. The molecule has 2 heteroatoms. The summed E-state index contributed by atoms with van der Waals surface area (Å²) in [5, 5.41) is 2.65. The van der Waals surface area contributed by atoms with Crippen molar-refractivity contribution in [1.82, 2.24) is 0 Å². The zero-order valence-corrected chi connectivity index (χ0v) is 9.57. The van der Waals surface area contributed by atoms with Gasteiger partial charge in [0, 0.05) is 11.1 Å². The van der Waals surface area contributed by atoms with Gasteiger partial charge < -0.3 is 0 Å². The summed E-state index contributed by atoms with van der Waals surface area (Å²) in [6, 6.07) is 17.1. The number of benzene rings is 2. The van der Waals surface area contributed by atoms with Crippen LogP contribution in [0.25, 0.3) is 5.57 Å². The third-order valence-electron chi connectivity index (χ3n) is 3.09. The number of para-hydroxylation sites is 1. The molecule has 0 unspecified atom stereocenters. The molecule has 0 fully saturated rings. The molecule has 0 saturated heterocycles. The molecule has 0 spiro atoms. The lowest BCUT2D eigenvalue weighted by molar-refractivity contribution is 1.52. The molecule has 0 bridgehead atoms. The molecule has 2 aromatic rings. The third-order valence-corrected chi connectivity index (χ3v) is 4.40. The molecule has 2 aromatic carbocycles. The van der Waals surface area contributed by atoms with Gasteiger partial charge in [-0.2, -0.15) is 0 Å². The van der Waals surface area contributed by atoms with Crippen LogP contribution < -0.4 is 5.22 Å². The van der Waals surface area contributed by atoms with E-state index in [9.17, 15) is 0 Å². The van der Waals surface area contributed by atoms with E-state index < -0.39 is 0 Å². The molecule has 2 aliphatic heterocycles. The first kappa shape index (κ1) is 8.36. The molecule has 0 saturated carbocycles. The molecular formula is C14H8NSi. The lowest BCUT2D eigenvalue weighted by atomic mass is 10.0. The predicted molar refractivity (Wildman–Crippen MR) is 66.7 cm³/mol. The van der Waals surface area contributed by atoms with Crippen molar-refractivity contribution >= 4 is 25.7 Å². The predicted octanol–water partition coefficient (Wildman–Crippen LogP) is 1.90. The normalized spacial score (nSPS) is 15.0. The van der Waals surface area contributed by atoms with Crippen molar-refractivity contribution in [2.24, 2.45) is 4.99 Å². The Hall–Kier alpha value is -1.80. The van der Waals surface area contributed by atoms with Gasteiger partial charge in [-0.1, -0.05) is 42.5 Å². The van der Waals surface area contributed by atoms with E-state index in [-0.39, 0.29) is 0 Å². The summed E-state index contributed by atoms with van der Waals surface area (Å²) < 4.78 is 0.